The Kier molecular flexibility index (Phi) is 4.15. The van der Waals surface area contributed by atoms with Gasteiger partial charge in [-0.25, -0.2) is 0 Å². The molecule has 1 saturated carbocycles. The molecule has 4 heteroatoms. The molecule has 4 nitrogen and oxygen atoms in total. The van der Waals surface area contributed by atoms with E-state index in [0.717, 1.165) is 37.0 Å². The van der Waals surface area contributed by atoms with Gasteiger partial charge in [-0.05, 0) is 30.9 Å². The molecular weight excluding hydrogens is 266 g/mol. The van der Waals surface area contributed by atoms with E-state index >= 15 is 0 Å². The van der Waals surface area contributed by atoms with Crippen LogP contribution in [0.2, 0.25) is 0 Å². The van der Waals surface area contributed by atoms with Crippen molar-refractivity contribution in [2.24, 2.45) is 11.8 Å². The molecule has 0 bridgehead atoms. The average molecular weight is 289 g/mol. The number of hydrogen-bond donors (Lipinski definition) is 1. The number of para-hydroxylation sites is 1. The Morgan fingerprint density at radius 2 is 2.19 bits per heavy atom. The zero-order chi connectivity index (χ0) is 14.8. The smallest absolute Gasteiger partial charge is 0.229 e. The van der Waals surface area contributed by atoms with Crippen LogP contribution >= 0.6 is 0 Å². The van der Waals surface area contributed by atoms with Crippen LogP contribution in [0.3, 0.4) is 0 Å². The number of benzene rings is 1. The molecule has 1 aromatic rings. The molecule has 1 heterocycles. The summed E-state index contributed by atoms with van der Waals surface area (Å²) in [5, 5.41) is 9.90. The van der Waals surface area contributed by atoms with Crippen molar-refractivity contribution in [2.45, 2.75) is 31.8 Å². The standard InChI is InChI=1S/C17H23NO3/c1-18(10-13-6-4-7-15(13)19)17(20)14-9-12-5-2-3-8-16(12)21-11-14/h2-3,5,8,13-15,19H,4,6-7,9-11H2,1H3. The molecule has 0 aromatic heterocycles. The Hall–Kier alpha value is -1.55. The summed E-state index contributed by atoms with van der Waals surface area (Å²) in [4.78, 5) is 14.3. The van der Waals surface area contributed by atoms with Gasteiger partial charge in [-0.15, -0.1) is 0 Å². The molecule has 114 valence electrons. The zero-order valence-electron chi connectivity index (χ0n) is 12.5. The second kappa shape index (κ2) is 6.06. The van der Waals surface area contributed by atoms with Gasteiger partial charge in [0.15, 0.2) is 0 Å². The van der Waals surface area contributed by atoms with Gasteiger partial charge in [0.1, 0.15) is 12.4 Å². The number of fused-ring (bicyclic) bond motifs is 1. The summed E-state index contributed by atoms with van der Waals surface area (Å²) in [6.45, 7) is 1.10. The number of carbonyl (C=O) groups excluding carboxylic acids is 1. The highest BCUT2D eigenvalue weighted by atomic mass is 16.5. The molecule has 2 aliphatic rings. The Bertz CT molecular complexity index is 517. The number of carbonyl (C=O) groups is 1. The van der Waals surface area contributed by atoms with Crippen LogP contribution in [0, 0.1) is 11.8 Å². The van der Waals surface area contributed by atoms with Crippen molar-refractivity contribution < 1.29 is 14.6 Å². The molecular formula is C17H23NO3. The quantitative estimate of drug-likeness (QED) is 0.924. The number of aliphatic hydroxyl groups is 1. The van der Waals surface area contributed by atoms with Crippen LogP contribution in [0.1, 0.15) is 24.8 Å². The minimum absolute atomic E-state index is 0.108. The number of aliphatic hydroxyl groups excluding tert-OH is 1. The third-order valence-electron chi connectivity index (χ3n) is 4.73. The van der Waals surface area contributed by atoms with Gasteiger partial charge < -0.3 is 14.7 Å². The summed E-state index contributed by atoms with van der Waals surface area (Å²) in [5.41, 5.74) is 1.11. The molecule has 21 heavy (non-hydrogen) atoms. The second-order valence-corrected chi connectivity index (χ2v) is 6.30. The molecule has 1 aliphatic carbocycles. The van der Waals surface area contributed by atoms with Gasteiger partial charge in [-0.1, -0.05) is 24.6 Å². The maximum absolute atomic E-state index is 12.6. The Labute approximate surface area is 125 Å². The predicted octanol–water partition coefficient (Wildman–Crippen LogP) is 1.86. The molecule has 1 N–H and O–H groups in total. The topological polar surface area (TPSA) is 49.8 Å². The van der Waals surface area contributed by atoms with Gasteiger partial charge in [-0.2, -0.15) is 0 Å². The summed E-state index contributed by atoms with van der Waals surface area (Å²) in [6, 6.07) is 7.91. The molecule has 1 aromatic carbocycles. The maximum atomic E-state index is 12.6. The number of amides is 1. The fourth-order valence-electron chi connectivity index (χ4n) is 3.47. The molecule has 1 aliphatic heterocycles. The van der Waals surface area contributed by atoms with Gasteiger partial charge in [0.2, 0.25) is 5.91 Å². The van der Waals surface area contributed by atoms with E-state index < -0.39 is 0 Å². The van der Waals surface area contributed by atoms with Gasteiger partial charge >= 0.3 is 0 Å². The van der Waals surface area contributed by atoms with Crippen molar-refractivity contribution in [3.05, 3.63) is 29.8 Å². The van der Waals surface area contributed by atoms with E-state index in [2.05, 4.69) is 0 Å². The van der Waals surface area contributed by atoms with Crippen LogP contribution in [0.5, 0.6) is 5.75 Å². The molecule has 1 fully saturated rings. The SMILES string of the molecule is CN(CC1CCCC1O)C(=O)C1COc2ccccc2C1. The van der Waals surface area contributed by atoms with Gasteiger partial charge in [0, 0.05) is 19.5 Å². The largest absolute Gasteiger partial charge is 0.492 e. The third kappa shape index (κ3) is 3.05. The minimum Gasteiger partial charge on any atom is -0.492 e. The first-order chi connectivity index (χ1) is 10.1. The van der Waals surface area contributed by atoms with Crippen molar-refractivity contribution in [3.8, 4) is 5.75 Å². The number of ether oxygens (including phenoxy) is 1. The van der Waals surface area contributed by atoms with Crippen molar-refractivity contribution in [2.75, 3.05) is 20.2 Å². The summed E-state index contributed by atoms with van der Waals surface area (Å²) >= 11 is 0. The number of rotatable bonds is 3. The summed E-state index contributed by atoms with van der Waals surface area (Å²) in [5.74, 6) is 1.15. The first-order valence-electron chi connectivity index (χ1n) is 7.79. The summed E-state index contributed by atoms with van der Waals surface area (Å²) < 4.78 is 5.70. The molecule has 0 saturated heterocycles. The van der Waals surface area contributed by atoms with Crippen LogP contribution < -0.4 is 4.74 Å². The molecule has 3 rings (SSSR count). The third-order valence-corrected chi connectivity index (χ3v) is 4.73. The van der Waals surface area contributed by atoms with Gasteiger partial charge in [0.05, 0.1) is 12.0 Å². The monoisotopic (exact) mass is 289 g/mol. The first-order valence-corrected chi connectivity index (χ1v) is 7.79. The predicted molar refractivity (Wildman–Crippen MR) is 80.1 cm³/mol. The fourth-order valence-corrected chi connectivity index (χ4v) is 3.47. The van der Waals surface area contributed by atoms with E-state index in [-0.39, 0.29) is 23.8 Å². The molecule has 3 atom stereocenters. The van der Waals surface area contributed by atoms with E-state index in [1.165, 1.54) is 0 Å². The van der Waals surface area contributed by atoms with Crippen LogP contribution in [0.4, 0.5) is 0 Å². The lowest BCUT2D eigenvalue weighted by Crippen LogP contribution is -2.41. The van der Waals surface area contributed by atoms with Crippen molar-refractivity contribution >= 4 is 5.91 Å². The highest BCUT2D eigenvalue weighted by Gasteiger charge is 2.31. The van der Waals surface area contributed by atoms with Crippen molar-refractivity contribution in [3.63, 3.8) is 0 Å². The zero-order valence-corrected chi connectivity index (χ0v) is 12.5. The highest BCUT2D eigenvalue weighted by Crippen LogP contribution is 2.29. The molecule has 0 radical (unpaired) electrons. The van der Waals surface area contributed by atoms with Crippen molar-refractivity contribution in [1.82, 2.24) is 4.90 Å². The Morgan fingerprint density at radius 3 is 2.95 bits per heavy atom. The Balaban J connectivity index is 1.60. The van der Waals surface area contributed by atoms with Crippen LogP contribution in [-0.2, 0) is 11.2 Å². The average Bonchev–Trinajstić information content (AvgIpc) is 2.91. The Morgan fingerprint density at radius 1 is 1.38 bits per heavy atom. The molecule has 3 unspecified atom stereocenters. The lowest BCUT2D eigenvalue weighted by molar-refractivity contribution is -0.136. The normalized spacial score (nSPS) is 27.8. The highest BCUT2D eigenvalue weighted by molar-refractivity contribution is 5.79. The van der Waals surface area contributed by atoms with E-state index in [4.69, 9.17) is 4.74 Å². The molecule has 0 spiro atoms. The van der Waals surface area contributed by atoms with Crippen LogP contribution in [0.15, 0.2) is 24.3 Å². The van der Waals surface area contributed by atoms with Gasteiger partial charge in [0.25, 0.3) is 0 Å². The maximum Gasteiger partial charge on any atom is 0.229 e. The van der Waals surface area contributed by atoms with Crippen molar-refractivity contribution in [1.29, 1.82) is 0 Å². The van der Waals surface area contributed by atoms with Crippen LogP contribution in [0.25, 0.3) is 0 Å². The minimum atomic E-state index is -0.247. The van der Waals surface area contributed by atoms with Gasteiger partial charge in [-0.3, -0.25) is 4.79 Å². The molecule has 1 amide bonds. The van der Waals surface area contributed by atoms with Crippen LogP contribution in [-0.4, -0.2) is 42.2 Å². The van der Waals surface area contributed by atoms with E-state index in [1.807, 2.05) is 31.3 Å². The lowest BCUT2D eigenvalue weighted by atomic mass is 9.95. The van der Waals surface area contributed by atoms with E-state index in [0.29, 0.717) is 13.2 Å². The summed E-state index contributed by atoms with van der Waals surface area (Å²) in [6.07, 6.45) is 3.44. The first kappa shape index (κ1) is 14.4. The number of nitrogens with zero attached hydrogens (tertiary/aromatic N) is 1. The van der Waals surface area contributed by atoms with E-state index in [9.17, 15) is 9.90 Å². The summed E-state index contributed by atoms with van der Waals surface area (Å²) in [7, 11) is 1.84. The lowest BCUT2D eigenvalue weighted by Gasteiger charge is -2.30. The number of hydrogen-bond acceptors (Lipinski definition) is 3. The second-order valence-electron chi connectivity index (χ2n) is 6.30. The fraction of sp³-hybridized carbons (Fsp3) is 0.588. The van der Waals surface area contributed by atoms with E-state index in [1.54, 1.807) is 4.90 Å².